The molecular weight excluding hydrogens is 232 g/mol. The number of hydrogen-bond acceptors (Lipinski definition) is 3. The summed E-state index contributed by atoms with van der Waals surface area (Å²) < 4.78 is 5.09. The maximum absolute atomic E-state index is 11.8. The summed E-state index contributed by atoms with van der Waals surface area (Å²) in [6.45, 7) is 4.56. The maximum atomic E-state index is 11.8. The Morgan fingerprint density at radius 3 is 3.06 bits per heavy atom. The minimum Gasteiger partial charge on any atom is -0.462 e. The molecule has 2 rings (SSSR count). The van der Waals surface area contributed by atoms with Crippen molar-refractivity contribution in [2.24, 2.45) is 5.92 Å². The third-order valence-electron chi connectivity index (χ3n) is 3.45. The van der Waals surface area contributed by atoms with E-state index in [0.717, 1.165) is 24.3 Å². The van der Waals surface area contributed by atoms with Gasteiger partial charge in [0.2, 0.25) is 0 Å². The summed E-state index contributed by atoms with van der Waals surface area (Å²) in [5.74, 6) is 0.681. The number of carbonyl (C=O) groups is 1. The highest BCUT2D eigenvalue weighted by atomic mass is 32.1. The van der Waals surface area contributed by atoms with Gasteiger partial charge in [-0.2, -0.15) is 0 Å². The van der Waals surface area contributed by atoms with Crippen molar-refractivity contribution in [3.8, 4) is 0 Å². The number of esters is 1. The Morgan fingerprint density at radius 2 is 2.35 bits per heavy atom. The lowest BCUT2D eigenvalue weighted by Crippen LogP contribution is -2.15. The molecule has 0 amide bonds. The number of ether oxygens (including phenoxy) is 1. The number of fused-ring (bicyclic) bond motifs is 1. The topological polar surface area (TPSA) is 26.3 Å². The molecule has 0 fully saturated rings. The van der Waals surface area contributed by atoms with Crippen molar-refractivity contribution >= 4 is 17.3 Å². The zero-order valence-electron chi connectivity index (χ0n) is 10.6. The predicted octanol–water partition coefficient (Wildman–Crippen LogP) is 3.83. The van der Waals surface area contributed by atoms with Crippen LogP contribution in [-0.4, -0.2) is 12.6 Å². The van der Waals surface area contributed by atoms with Gasteiger partial charge in [-0.15, -0.1) is 11.3 Å². The van der Waals surface area contributed by atoms with Crippen molar-refractivity contribution in [3.05, 3.63) is 21.4 Å². The lowest BCUT2D eigenvalue weighted by atomic mass is 9.85. The minimum absolute atomic E-state index is 0.140. The molecule has 1 aliphatic carbocycles. The summed E-state index contributed by atoms with van der Waals surface area (Å²) in [4.78, 5) is 13.2. The standard InChI is InChI=1S/C14H20O2S/c1-3-5-10-6-7-11-12(14(15)16-4-2)9-17-13(11)8-10/h9-10H,3-8H2,1-2H3. The van der Waals surface area contributed by atoms with E-state index in [1.165, 1.54) is 29.7 Å². The molecule has 1 aliphatic rings. The van der Waals surface area contributed by atoms with Gasteiger partial charge in [-0.05, 0) is 37.7 Å². The Hall–Kier alpha value is -0.830. The Balaban J connectivity index is 2.12. The molecule has 0 bridgehead atoms. The summed E-state index contributed by atoms with van der Waals surface area (Å²) >= 11 is 1.73. The normalized spacial score (nSPS) is 18.8. The van der Waals surface area contributed by atoms with Gasteiger partial charge in [0.25, 0.3) is 0 Å². The van der Waals surface area contributed by atoms with Crippen LogP contribution in [-0.2, 0) is 17.6 Å². The smallest absolute Gasteiger partial charge is 0.339 e. The number of thiophene rings is 1. The highest BCUT2D eigenvalue weighted by Gasteiger charge is 2.25. The first-order valence-electron chi connectivity index (χ1n) is 6.52. The SMILES string of the molecule is CCCC1CCc2c(C(=O)OCC)csc2C1. The minimum atomic E-state index is -0.140. The lowest BCUT2D eigenvalue weighted by Gasteiger charge is -2.22. The van der Waals surface area contributed by atoms with Crippen LogP contribution in [0.4, 0.5) is 0 Å². The third kappa shape index (κ3) is 2.71. The Kier molecular flexibility index (Phi) is 4.21. The largest absolute Gasteiger partial charge is 0.462 e. The molecule has 0 radical (unpaired) electrons. The van der Waals surface area contributed by atoms with Crippen molar-refractivity contribution in [3.63, 3.8) is 0 Å². The molecule has 0 saturated carbocycles. The van der Waals surface area contributed by atoms with Gasteiger partial charge in [0, 0.05) is 10.3 Å². The van der Waals surface area contributed by atoms with Gasteiger partial charge in [0.15, 0.2) is 0 Å². The first kappa shape index (κ1) is 12.6. The second kappa shape index (κ2) is 5.67. The number of carbonyl (C=O) groups excluding carboxylic acids is 1. The van der Waals surface area contributed by atoms with Gasteiger partial charge in [-0.25, -0.2) is 4.79 Å². The summed E-state index contributed by atoms with van der Waals surface area (Å²) in [5, 5.41) is 1.98. The van der Waals surface area contributed by atoms with Crippen LogP contribution in [0.3, 0.4) is 0 Å². The average molecular weight is 252 g/mol. The Morgan fingerprint density at radius 1 is 1.53 bits per heavy atom. The van der Waals surface area contributed by atoms with E-state index in [1.807, 2.05) is 12.3 Å². The first-order chi connectivity index (χ1) is 8.26. The van der Waals surface area contributed by atoms with Crippen molar-refractivity contribution in [1.29, 1.82) is 0 Å². The lowest BCUT2D eigenvalue weighted by molar-refractivity contribution is 0.0525. The number of rotatable bonds is 4. The number of hydrogen-bond donors (Lipinski definition) is 0. The van der Waals surface area contributed by atoms with Crippen molar-refractivity contribution in [1.82, 2.24) is 0 Å². The fraction of sp³-hybridized carbons (Fsp3) is 0.643. The molecule has 94 valence electrons. The van der Waals surface area contributed by atoms with E-state index in [4.69, 9.17) is 4.74 Å². The van der Waals surface area contributed by atoms with Gasteiger partial charge in [-0.3, -0.25) is 0 Å². The molecule has 0 aromatic carbocycles. The van der Waals surface area contributed by atoms with E-state index >= 15 is 0 Å². The maximum Gasteiger partial charge on any atom is 0.339 e. The van der Waals surface area contributed by atoms with Gasteiger partial charge in [-0.1, -0.05) is 19.8 Å². The molecule has 3 heteroatoms. The van der Waals surface area contributed by atoms with E-state index in [9.17, 15) is 4.79 Å². The van der Waals surface area contributed by atoms with Crippen LogP contribution in [0.5, 0.6) is 0 Å². The van der Waals surface area contributed by atoms with Crippen molar-refractivity contribution < 1.29 is 9.53 Å². The molecular formula is C14H20O2S. The molecule has 2 nitrogen and oxygen atoms in total. The summed E-state index contributed by atoms with van der Waals surface area (Å²) in [6, 6.07) is 0. The van der Waals surface area contributed by atoms with Crippen molar-refractivity contribution in [2.45, 2.75) is 46.0 Å². The molecule has 1 heterocycles. The Bertz CT molecular complexity index is 395. The van der Waals surface area contributed by atoms with Crippen LogP contribution in [0.1, 0.15) is 53.9 Å². The van der Waals surface area contributed by atoms with Gasteiger partial charge >= 0.3 is 5.97 Å². The average Bonchev–Trinajstić information content (AvgIpc) is 2.73. The van der Waals surface area contributed by atoms with E-state index in [2.05, 4.69) is 6.92 Å². The summed E-state index contributed by atoms with van der Waals surface area (Å²) in [7, 11) is 0. The van der Waals surface area contributed by atoms with Crippen LogP contribution in [0.2, 0.25) is 0 Å². The van der Waals surface area contributed by atoms with Crippen LogP contribution in [0, 0.1) is 5.92 Å². The fourth-order valence-corrected chi connectivity index (χ4v) is 3.80. The van der Waals surface area contributed by atoms with E-state index in [0.29, 0.717) is 6.61 Å². The molecule has 1 aromatic heterocycles. The molecule has 17 heavy (non-hydrogen) atoms. The van der Waals surface area contributed by atoms with Gasteiger partial charge in [0.05, 0.1) is 12.2 Å². The molecule has 0 N–H and O–H groups in total. The van der Waals surface area contributed by atoms with Crippen LogP contribution in [0.25, 0.3) is 0 Å². The van der Waals surface area contributed by atoms with E-state index in [-0.39, 0.29) is 5.97 Å². The summed E-state index contributed by atoms with van der Waals surface area (Å²) in [5.41, 5.74) is 2.09. The highest BCUT2D eigenvalue weighted by molar-refractivity contribution is 7.10. The fourth-order valence-electron chi connectivity index (χ4n) is 2.62. The second-order valence-electron chi connectivity index (χ2n) is 4.67. The zero-order valence-corrected chi connectivity index (χ0v) is 11.4. The van der Waals surface area contributed by atoms with Crippen LogP contribution >= 0.6 is 11.3 Å². The van der Waals surface area contributed by atoms with E-state index in [1.54, 1.807) is 11.3 Å². The Labute approximate surface area is 107 Å². The second-order valence-corrected chi connectivity index (χ2v) is 5.63. The van der Waals surface area contributed by atoms with Crippen LogP contribution in [0.15, 0.2) is 5.38 Å². The van der Waals surface area contributed by atoms with Gasteiger partial charge < -0.3 is 4.74 Å². The van der Waals surface area contributed by atoms with Crippen LogP contribution < -0.4 is 0 Å². The van der Waals surface area contributed by atoms with Gasteiger partial charge in [0.1, 0.15) is 0 Å². The zero-order chi connectivity index (χ0) is 12.3. The quantitative estimate of drug-likeness (QED) is 0.761. The third-order valence-corrected chi connectivity index (χ3v) is 4.50. The molecule has 0 aliphatic heterocycles. The van der Waals surface area contributed by atoms with Crippen molar-refractivity contribution in [2.75, 3.05) is 6.61 Å². The monoisotopic (exact) mass is 252 g/mol. The molecule has 0 spiro atoms. The molecule has 1 unspecified atom stereocenters. The molecule has 1 atom stereocenters. The first-order valence-corrected chi connectivity index (χ1v) is 7.40. The predicted molar refractivity (Wildman–Crippen MR) is 70.7 cm³/mol. The molecule has 0 saturated heterocycles. The highest BCUT2D eigenvalue weighted by Crippen LogP contribution is 2.34. The molecule has 1 aromatic rings. The van der Waals surface area contributed by atoms with E-state index < -0.39 is 0 Å². The summed E-state index contributed by atoms with van der Waals surface area (Å²) in [6.07, 6.45) is 6.01.